The Morgan fingerprint density at radius 3 is 2.30 bits per heavy atom. The smallest absolute Gasteiger partial charge is 0.271 e. The Balaban J connectivity index is 2.38. The molecule has 0 saturated carbocycles. The van der Waals surface area contributed by atoms with Gasteiger partial charge in [-0.05, 0) is 17.9 Å². The average molecular weight is 299 g/mol. The van der Waals surface area contributed by atoms with Crippen LogP contribution in [-0.2, 0) is 10.0 Å². The molecule has 2 unspecified atom stereocenters. The lowest BCUT2D eigenvalue weighted by Crippen LogP contribution is -2.29. The minimum Gasteiger partial charge on any atom is -0.397 e. The molecule has 0 bridgehead atoms. The quantitative estimate of drug-likeness (QED) is 0.516. The predicted molar refractivity (Wildman–Crippen MR) is 74.6 cm³/mol. The highest BCUT2D eigenvalue weighted by Crippen LogP contribution is 2.31. The number of nitro groups is 1. The Hall–Kier alpha value is -1.67. The largest absolute Gasteiger partial charge is 0.397 e. The van der Waals surface area contributed by atoms with Crippen molar-refractivity contribution in [3.63, 3.8) is 0 Å². The first-order valence-corrected chi connectivity index (χ1v) is 7.71. The number of nitrogen functional groups attached to an aromatic ring is 1. The molecule has 0 aromatic heterocycles. The molecule has 1 aromatic carbocycles. The molecule has 0 aliphatic carbocycles. The number of non-ortho nitro benzene ring substituents is 1. The average Bonchev–Trinajstić information content (AvgIpc) is 2.69. The van der Waals surface area contributed by atoms with Crippen LogP contribution in [0.15, 0.2) is 23.1 Å². The third-order valence-electron chi connectivity index (χ3n) is 3.78. The van der Waals surface area contributed by atoms with Crippen molar-refractivity contribution in [2.75, 3.05) is 18.8 Å². The highest BCUT2D eigenvalue weighted by Gasteiger charge is 2.36. The minimum absolute atomic E-state index is 0.0654. The van der Waals surface area contributed by atoms with Gasteiger partial charge >= 0.3 is 0 Å². The summed E-state index contributed by atoms with van der Waals surface area (Å²) >= 11 is 0. The Morgan fingerprint density at radius 2 is 1.85 bits per heavy atom. The number of nitrogens with two attached hydrogens (primary N) is 1. The van der Waals surface area contributed by atoms with E-state index >= 15 is 0 Å². The molecule has 7 nitrogen and oxygen atoms in total. The normalized spacial score (nSPS) is 23.9. The predicted octanol–water partition coefficient (Wildman–Crippen LogP) is 1.45. The van der Waals surface area contributed by atoms with Gasteiger partial charge in [0.1, 0.15) is 4.90 Å². The SMILES string of the molecule is CC1CN(S(=O)(=O)c2ccc([N+](=O)[O-])cc2N)CC1C. The van der Waals surface area contributed by atoms with Gasteiger partial charge in [-0.3, -0.25) is 10.1 Å². The molecule has 1 saturated heterocycles. The third-order valence-corrected chi connectivity index (χ3v) is 5.68. The van der Waals surface area contributed by atoms with E-state index in [-0.39, 0.29) is 28.1 Å². The van der Waals surface area contributed by atoms with E-state index in [2.05, 4.69) is 0 Å². The summed E-state index contributed by atoms with van der Waals surface area (Å²) in [5.74, 6) is 0.563. The fourth-order valence-electron chi connectivity index (χ4n) is 2.30. The monoisotopic (exact) mass is 299 g/mol. The molecule has 0 amide bonds. The first-order chi connectivity index (χ1) is 9.23. The number of nitro benzene ring substituents is 1. The number of nitrogens with zero attached hydrogens (tertiary/aromatic N) is 2. The molecule has 0 radical (unpaired) electrons. The topological polar surface area (TPSA) is 107 Å². The molecule has 1 heterocycles. The zero-order chi connectivity index (χ0) is 15.1. The summed E-state index contributed by atoms with van der Waals surface area (Å²) in [4.78, 5) is 9.98. The number of hydrogen-bond acceptors (Lipinski definition) is 5. The fourth-order valence-corrected chi connectivity index (χ4v) is 4.03. The van der Waals surface area contributed by atoms with Crippen LogP contribution in [0.5, 0.6) is 0 Å². The molecular formula is C12H17N3O4S. The van der Waals surface area contributed by atoms with Gasteiger partial charge in [-0.2, -0.15) is 4.31 Å². The third kappa shape index (κ3) is 2.48. The Bertz CT molecular complexity index is 634. The van der Waals surface area contributed by atoms with Crippen LogP contribution in [0.25, 0.3) is 0 Å². The lowest BCUT2D eigenvalue weighted by molar-refractivity contribution is -0.384. The molecule has 8 heteroatoms. The van der Waals surface area contributed by atoms with Gasteiger partial charge in [-0.25, -0.2) is 8.42 Å². The van der Waals surface area contributed by atoms with Gasteiger partial charge < -0.3 is 5.73 Å². The van der Waals surface area contributed by atoms with Crippen LogP contribution in [0.1, 0.15) is 13.8 Å². The molecule has 20 heavy (non-hydrogen) atoms. The summed E-state index contributed by atoms with van der Waals surface area (Å²) < 4.78 is 26.4. The van der Waals surface area contributed by atoms with Crippen LogP contribution >= 0.6 is 0 Å². The van der Waals surface area contributed by atoms with E-state index in [1.807, 2.05) is 13.8 Å². The van der Waals surface area contributed by atoms with Crippen molar-refractivity contribution >= 4 is 21.4 Å². The summed E-state index contributed by atoms with van der Waals surface area (Å²) in [6, 6.07) is 3.44. The van der Waals surface area contributed by atoms with Crippen molar-refractivity contribution < 1.29 is 13.3 Å². The summed E-state index contributed by atoms with van der Waals surface area (Å²) in [5.41, 5.74) is 5.36. The van der Waals surface area contributed by atoms with E-state index in [9.17, 15) is 18.5 Å². The van der Waals surface area contributed by atoms with Gasteiger partial charge in [0, 0.05) is 25.2 Å². The van der Waals surface area contributed by atoms with Crippen LogP contribution in [0.3, 0.4) is 0 Å². The van der Waals surface area contributed by atoms with E-state index in [0.29, 0.717) is 13.1 Å². The van der Waals surface area contributed by atoms with Crippen LogP contribution in [0.2, 0.25) is 0 Å². The number of sulfonamides is 1. The lowest BCUT2D eigenvalue weighted by atomic mass is 10.0. The summed E-state index contributed by atoms with van der Waals surface area (Å²) in [6.45, 7) is 4.89. The fraction of sp³-hybridized carbons (Fsp3) is 0.500. The van der Waals surface area contributed by atoms with Crippen molar-refractivity contribution in [3.8, 4) is 0 Å². The molecule has 1 fully saturated rings. The van der Waals surface area contributed by atoms with Gasteiger partial charge in [0.2, 0.25) is 10.0 Å². The summed E-state index contributed by atoms with van der Waals surface area (Å²) in [6.07, 6.45) is 0. The number of rotatable bonds is 3. The maximum absolute atomic E-state index is 12.5. The molecule has 1 aromatic rings. The van der Waals surface area contributed by atoms with E-state index < -0.39 is 14.9 Å². The Labute approximate surface area is 117 Å². The van der Waals surface area contributed by atoms with Gasteiger partial charge in [0.15, 0.2) is 0 Å². The van der Waals surface area contributed by atoms with E-state index in [4.69, 9.17) is 5.73 Å². The first kappa shape index (κ1) is 14.7. The van der Waals surface area contributed by atoms with Crippen LogP contribution in [0, 0.1) is 22.0 Å². The van der Waals surface area contributed by atoms with E-state index in [1.165, 1.54) is 10.4 Å². The van der Waals surface area contributed by atoms with Crippen molar-refractivity contribution in [2.45, 2.75) is 18.7 Å². The molecular weight excluding hydrogens is 282 g/mol. The zero-order valence-corrected chi connectivity index (χ0v) is 12.1. The second kappa shape index (κ2) is 5.02. The molecule has 1 aliphatic rings. The first-order valence-electron chi connectivity index (χ1n) is 6.27. The van der Waals surface area contributed by atoms with Gasteiger partial charge in [-0.15, -0.1) is 0 Å². The summed E-state index contributed by atoms with van der Waals surface area (Å²) in [5, 5.41) is 10.6. The highest BCUT2D eigenvalue weighted by molar-refractivity contribution is 7.89. The second-order valence-electron chi connectivity index (χ2n) is 5.26. The molecule has 0 spiro atoms. The zero-order valence-electron chi connectivity index (χ0n) is 11.3. The minimum atomic E-state index is -3.69. The molecule has 110 valence electrons. The van der Waals surface area contributed by atoms with Crippen molar-refractivity contribution in [1.29, 1.82) is 0 Å². The van der Waals surface area contributed by atoms with Gasteiger partial charge in [0.05, 0.1) is 10.6 Å². The maximum atomic E-state index is 12.5. The number of hydrogen-bond donors (Lipinski definition) is 1. The van der Waals surface area contributed by atoms with E-state index in [1.54, 1.807) is 0 Å². The van der Waals surface area contributed by atoms with E-state index in [0.717, 1.165) is 12.1 Å². The molecule has 2 rings (SSSR count). The molecule has 2 N–H and O–H groups in total. The van der Waals surface area contributed by atoms with Crippen molar-refractivity contribution in [2.24, 2.45) is 11.8 Å². The number of benzene rings is 1. The van der Waals surface area contributed by atoms with Crippen molar-refractivity contribution in [1.82, 2.24) is 4.31 Å². The lowest BCUT2D eigenvalue weighted by Gasteiger charge is -2.17. The van der Waals surface area contributed by atoms with Gasteiger partial charge in [0.25, 0.3) is 5.69 Å². The van der Waals surface area contributed by atoms with Crippen LogP contribution in [0.4, 0.5) is 11.4 Å². The maximum Gasteiger partial charge on any atom is 0.271 e. The van der Waals surface area contributed by atoms with Crippen molar-refractivity contribution in [3.05, 3.63) is 28.3 Å². The Morgan fingerprint density at radius 1 is 1.30 bits per heavy atom. The Kier molecular flexibility index (Phi) is 3.70. The summed E-state index contributed by atoms with van der Waals surface area (Å²) in [7, 11) is -3.69. The molecule has 2 atom stereocenters. The standard InChI is InChI=1S/C12H17N3O4S/c1-8-6-14(7-9(8)2)20(18,19)12-4-3-10(15(16)17)5-11(12)13/h3-5,8-9H,6-7,13H2,1-2H3. The molecule has 1 aliphatic heterocycles. The highest BCUT2D eigenvalue weighted by atomic mass is 32.2. The van der Waals surface area contributed by atoms with Crippen LogP contribution in [-0.4, -0.2) is 30.7 Å². The van der Waals surface area contributed by atoms with Gasteiger partial charge in [-0.1, -0.05) is 13.8 Å². The number of anilines is 1. The second-order valence-corrected chi connectivity index (χ2v) is 7.16. The van der Waals surface area contributed by atoms with Crippen LogP contribution < -0.4 is 5.73 Å².